The van der Waals surface area contributed by atoms with Crippen molar-refractivity contribution in [2.24, 2.45) is 5.92 Å². The molecule has 0 N–H and O–H groups in total. The molecule has 0 spiro atoms. The first kappa shape index (κ1) is 17.3. The molecular formula is C22H26N2O2. The average molecular weight is 350 g/mol. The van der Waals surface area contributed by atoms with Gasteiger partial charge in [-0.25, -0.2) is 0 Å². The molecule has 2 saturated heterocycles. The van der Waals surface area contributed by atoms with Gasteiger partial charge in [0.1, 0.15) is 0 Å². The monoisotopic (exact) mass is 350 g/mol. The van der Waals surface area contributed by atoms with E-state index in [0.29, 0.717) is 12.5 Å². The van der Waals surface area contributed by atoms with Crippen LogP contribution in [0.3, 0.4) is 0 Å². The quantitative estimate of drug-likeness (QED) is 0.828. The number of carbonyl (C=O) groups excluding carboxylic acids is 1. The summed E-state index contributed by atoms with van der Waals surface area (Å²) in [5.41, 5.74) is 3.30. The Bertz CT molecular complexity index is 741. The highest BCUT2D eigenvalue weighted by Gasteiger charge is 2.27. The first-order chi connectivity index (χ1) is 12.8. The zero-order valence-electron chi connectivity index (χ0n) is 15.1. The number of hydrogen-bond donors (Lipinski definition) is 0. The zero-order chi connectivity index (χ0) is 17.8. The first-order valence-corrected chi connectivity index (χ1v) is 9.56. The van der Waals surface area contributed by atoms with Crippen molar-refractivity contribution in [3.63, 3.8) is 0 Å². The van der Waals surface area contributed by atoms with Crippen LogP contribution in [0, 0.1) is 5.92 Å². The van der Waals surface area contributed by atoms with E-state index in [1.807, 2.05) is 35.2 Å². The summed E-state index contributed by atoms with van der Waals surface area (Å²) in [4.78, 5) is 17.1. The molecule has 136 valence electrons. The molecule has 26 heavy (non-hydrogen) atoms. The number of para-hydroxylation sites is 1. The second-order valence-corrected chi connectivity index (χ2v) is 7.22. The highest BCUT2D eigenvalue weighted by molar-refractivity contribution is 5.99. The van der Waals surface area contributed by atoms with Gasteiger partial charge in [-0.05, 0) is 36.9 Å². The fourth-order valence-corrected chi connectivity index (χ4v) is 3.91. The van der Waals surface area contributed by atoms with Gasteiger partial charge in [-0.1, -0.05) is 48.5 Å². The molecule has 2 aliphatic heterocycles. The molecule has 2 aliphatic rings. The van der Waals surface area contributed by atoms with Crippen LogP contribution in [0.5, 0.6) is 0 Å². The molecule has 0 saturated carbocycles. The molecule has 0 unspecified atom stereocenters. The molecule has 1 amide bonds. The summed E-state index contributed by atoms with van der Waals surface area (Å²) in [5, 5.41) is 0. The number of anilines is 1. The number of nitrogens with zero attached hydrogens (tertiary/aromatic N) is 2. The van der Waals surface area contributed by atoms with E-state index in [4.69, 9.17) is 4.74 Å². The van der Waals surface area contributed by atoms with Gasteiger partial charge in [0.2, 0.25) is 5.91 Å². The van der Waals surface area contributed by atoms with Crippen molar-refractivity contribution in [3.8, 4) is 11.1 Å². The van der Waals surface area contributed by atoms with E-state index in [1.54, 1.807) is 0 Å². The highest BCUT2D eigenvalue weighted by Crippen LogP contribution is 2.31. The Kier molecular flexibility index (Phi) is 5.32. The summed E-state index contributed by atoms with van der Waals surface area (Å²) in [6.45, 7) is 4.98. The fraction of sp³-hybridized carbons (Fsp3) is 0.409. The Labute approximate surface area is 155 Å². The van der Waals surface area contributed by atoms with Gasteiger partial charge in [-0.2, -0.15) is 0 Å². The summed E-state index contributed by atoms with van der Waals surface area (Å²) in [6.07, 6.45) is 2.30. The number of carbonyl (C=O) groups is 1. The van der Waals surface area contributed by atoms with Crippen LogP contribution in [0.2, 0.25) is 0 Å². The van der Waals surface area contributed by atoms with E-state index in [9.17, 15) is 4.79 Å². The van der Waals surface area contributed by atoms with Gasteiger partial charge in [0.25, 0.3) is 0 Å². The van der Waals surface area contributed by atoms with Crippen molar-refractivity contribution in [2.75, 3.05) is 44.3 Å². The van der Waals surface area contributed by atoms with Gasteiger partial charge >= 0.3 is 0 Å². The van der Waals surface area contributed by atoms with Gasteiger partial charge in [-0.3, -0.25) is 9.69 Å². The second kappa shape index (κ2) is 8.02. The summed E-state index contributed by atoms with van der Waals surface area (Å²) >= 11 is 0. The van der Waals surface area contributed by atoms with E-state index < -0.39 is 0 Å². The fourth-order valence-electron chi connectivity index (χ4n) is 3.91. The minimum Gasteiger partial charge on any atom is -0.381 e. The smallest absolute Gasteiger partial charge is 0.241 e. The number of hydrogen-bond acceptors (Lipinski definition) is 3. The molecule has 2 aromatic rings. The van der Waals surface area contributed by atoms with Crippen LogP contribution in [0.15, 0.2) is 54.6 Å². The lowest BCUT2D eigenvalue weighted by atomic mass is 10.0. The maximum absolute atomic E-state index is 12.8. The number of amides is 1. The largest absolute Gasteiger partial charge is 0.381 e. The third-order valence-corrected chi connectivity index (χ3v) is 5.46. The lowest BCUT2D eigenvalue weighted by molar-refractivity contribution is -0.121. The van der Waals surface area contributed by atoms with Gasteiger partial charge in [-0.15, -0.1) is 0 Å². The molecule has 0 radical (unpaired) electrons. The predicted octanol–water partition coefficient (Wildman–Crippen LogP) is 3.43. The molecule has 0 aliphatic carbocycles. The first-order valence-electron chi connectivity index (χ1n) is 9.56. The Balaban J connectivity index is 1.44. The van der Waals surface area contributed by atoms with Crippen molar-refractivity contribution in [2.45, 2.75) is 12.8 Å². The van der Waals surface area contributed by atoms with Gasteiger partial charge < -0.3 is 9.64 Å². The molecule has 4 heteroatoms. The molecule has 2 heterocycles. The van der Waals surface area contributed by atoms with Crippen LogP contribution in [0.1, 0.15) is 12.8 Å². The normalized spacial score (nSPS) is 21.3. The third-order valence-electron chi connectivity index (χ3n) is 5.46. The van der Waals surface area contributed by atoms with Gasteiger partial charge in [0.05, 0.1) is 12.2 Å². The summed E-state index contributed by atoms with van der Waals surface area (Å²) in [7, 11) is 0. The Morgan fingerprint density at radius 3 is 2.58 bits per heavy atom. The lowest BCUT2D eigenvalue weighted by Gasteiger charge is -2.35. The van der Waals surface area contributed by atoms with E-state index in [2.05, 4.69) is 29.2 Å². The summed E-state index contributed by atoms with van der Waals surface area (Å²) < 4.78 is 5.45. The van der Waals surface area contributed by atoms with Crippen molar-refractivity contribution in [3.05, 3.63) is 54.6 Å². The molecule has 2 fully saturated rings. The van der Waals surface area contributed by atoms with Crippen LogP contribution in [0.4, 0.5) is 5.69 Å². The van der Waals surface area contributed by atoms with Gasteiger partial charge in [0, 0.05) is 31.9 Å². The highest BCUT2D eigenvalue weighted by atomic mass is 16.5. The molecule has 0 bridgehead atoms. The molecule has 4 nitrogen and oxygen atoms in total. The van der Waals surface area contributed by atoms with Crippen LogP contribution >= 0.6 is 0 Å². The zero-order valence-corrected chi connectivity index (χ0v) is 15.1. The second-order valence-electron chi connectivity index (χ2n) is 7.22. The van der Waals surface area contributed by atoms with Crippen molar-refractivity contribution >= 4 is 11.6 Å². The van der Waals surface area contributed by atoms with E-state index in [1.165, 1.54) is 6.42 Å². The molecule has 4 rings (SSSR count). The molecule has 2 aromatic carbocycles. The predicted molar refractivity (Wildman–Crippen MR) is 104 cm³/mol. The van der Waals surface area contributed by atoms with E-state index >= 15 is 0 Å². The van der Waals surface area contributed by atoms with Crippen molar-refractivity contribution in [1.82, 2.24) is 4.90 Å². The standard InChI is InChI=1S/C22H26N2O2/c25-22-16-23(12-10-18-11-15-26-17-18)13-14-24(22)21-9-5-4-8-20(21)19-6-2-1-3-7-19/h1-9,18H,10-17H2/t18-/m1/s1. The number of piperazine rings is 1. The van der Waals surface area contributed by atoms with Crippen LogP contribution in [0.25, 0.3) is 11.1 Å². The molecule has 1 atom stereocenters. The van der Waals surface area contributed by atoms with Crippen molar-refractivity contribution in [1.29, 1.82) is 0 Å². The van der Waals surface area contributed by atoms with Crippen LogP contribution in [-0.4, -0.2) is 50.2 Å². The maximum Gasteiger partial charge on any atom is 0.241 e. The number of rotatable bonds is 5. The van der Waals surface area contributed by atoms with E-state index in [0.717, 1.165) is 56.1 Å². The summed E-state index contributed by atoms with van der Waals surface area (Å²) in [6, 6.07) is 18.5. The van der Waals surface area contributed by atoms with Crippen molar-refractivity contribution < 1.29 is 9.53 Å². The molecular weight excluding hydrogens is 324 g/mol. The number of benzene rings is 2. The van der Waals surface area contributed by atoms with E-state index in [-0.39, 0.29) is 5.91 Å². The summed E-state index contributed by atoms with van der Waals surface area (Å²) in [5.74, 6) is 0.865. The van der Waals surface area contributed by atoms with Crippen LogP contribution < -0.4 is 4.90 Å². The average Bonchev–Trinajstić information content (AvgIpc) is 3.21. The Morgan fingerprint density at radius 1 is 1.00 bits per heavy atom. The SMILES string of the molecule is O=C1CN(CC[C@@H]2CCOC2)CCN1c1ccccc1-c1ccccc1. The van der Waals surface area contributed by atoms with Gasteiger partial charge in [0.15, 0.2) is 0 Å². The minimum absolute atomic E-state index is 0.197. The Morgan fingerprint density at radius 2 is 1.81 bits per heavy atom. The molecule has 0 aromatic heterocycles. The maximum atomic E-state index is 12.8. The third kappa shape index (κ3) is 3.81. The van der Waals surface area contributed by atoms with Crippen LogP contribution in [-0.2, 0) is 9.53 Å². The lowest BCUT2D eigenvalue weighted by Crippen LogP contribution is -2.51. The minimum atomic E-state index is 0.197. The Hall–Kier alpha value is -2.17. The number of ether oxygens (including phenoxy) is 1. The topological polar surface area (TPSA) is 32.8 Å².